The first-order chi connectivity index (χ1) is 8.79. The van der Waals surface area contributed by atoms with Gasteiger partial charge in [0.05, 0.1) is 20.3 Å². The zero-order chi connectivity index (χ0) is 12.8. The van der Waals surface area contributed by atoms with Crippen LogP contribution in [0.15, 0.2) is 42.5 Å². The lowest BCUT2D eigenvalue weighted by molar-refractivity contribution is -0.134. The van der Waals surface area contributed by atoms with Gasteiger partial charge >= 0.3 is 5.97 Å². The summed E-state index contributed by atoms with van der Waals surface area (Å²) >= 11 is 0. The summed E-state index contributed by atoms with van der Waals surface area (Å²) in [6, 6.07) is 9.97. The van der Waals surface area contributed by atoms with Gasteiger partial charge in [0.1, 0.15) is 12.2 Å². The van der Waals surface area contributed by atoms with Crippen molar-refractivity contribution in [2.75, 3.05) is 13.7 Å². The summed E-state index contributed by atoms with van der Waals surface area (Å²) in [5, 5.41) is 0. The van der Waals surface area contributed by atoms with E-state index in [-0.39, 0.29) is 18.2 Å². The molecule has 1 aliphatic rings. The molecular weight excluding hydrogens is 232 g/mol. The highest BCUT2D eigenvalue weighted by atomic mass is 16.6. The predicted molar refractivity (Wildman–Crippen MR) is 65.9 cm³/mol. The summed E-state index contributed by atoms with van der Waals surface area (Å²) in [5.74, 6) is -0.366. The van der Waals surface area contributed by atoms with Crippen molar-refractivity contribution < 1.29 is 19.0 Å². The minimum Gasteiger partial charge on any atom is -0.466 e. The van der Waals surface area contributed by atoms with Crippen LogP contribution in [-0.4, -0.2) is 31.9 Å². The van der Waals surface area contributed by atoms with Crippen molar-refractivity contribution in [2.45, 2.75) is 18.8 Å². The molecule has 1 aromatic carbocycles. The number of rotatable bonds is 6. The van der Waals surface area contributed by atoms with Crippen LogP contribution < -0.4 is 0 Å². The Morgan fingerprint density at radius 3 is 2.89 bits per heavy atom. The molecule has 0 bridgehead atoms. The van der Waals surface area contributed by atoms with Crippen molar-refractivity contribution in [1.29, 1.82) is 0 Å². The van der Waals surface area contributed by atoms with Gasteiger partial charge in [0.15, 0.2) is 0 Å². The van der Waals surface area contributed by atoms with E-state index >= 15 is 0 Å². The Morgan fingerprint density at radius 1 is 1.39 bits per heavy atom. The Bertz CT molecular complexity index is 413. The highest BCUT2D eigenvalue weighted by Crippen LogP contribution is 2.23. The van der Waals surface area contributed by atoms with Crippen LogP contribution in [-0.2, 0) is 25.6 Å². The first-order valence-corrected chi connectivity index (χ1v) is 5.83. The molecule has 0 aliphatic carbocycles. The molecule has 2 rings (SSSR count). The zero-order valence-corrected chi connectivity index (χ0v) is 10.2. The maximum Gasteiger partial charge on any atom is 0.330 e. The second-order valence-corrected chi connectivity index (χ2v) is 4.02. The van der Waals surface area contributed by atoms with Gasteiger partial charge in [-0.25, -0.2) is 4.79 Å². The number of epoxide rings is 1. The minimum absolute atomic E-state index is 0.0279. The number of esters is 1. The Morgan fingerprint density at radius 2 is 2.17 bits per heavy atom. The second kappa shape index (κ2) is 6.33. The van der Waals surface area contributed by atoms with Gasteiger partial charge in [-0.1, -0.05) is 30.3 Å². The van der Waals surface area contributed by atoms with Crippen LogP contribution in [0.25, 0.3) is 0 Å². The smallest absolute Gasteiger partial charge is 0.330 e. The molecule has 18 heavy (non-hydrogen) atoms. The van der Waals surface area contributed by atoms with Gasteiger partial charge in [-0.15, -0.1) is 0 Å². The van der Waals surface area contributed by atoms with Gasteiger partial charge in [0, 0.05) is 6.08 Å². The van der Waals surface area contributed by atoms with E-state index in [4.69, 9.17) is 9.47 Å². The van der Waals surface area contributed by atoms with E-state index in [2.05, 4.69) is 4.74 Å². The van der Waals surface area contributed by atoms with Gasteiger partial charge in [0.2, 0.25) is 0 Å². The summed E-state index contributed by atoms with van der Waals surface area (Å²) in [7, 11) is 1.35. The summed E-state index contributed by atoms with van der Waals surface area (Å²) in [6.45, 7) is 1.11. The Hall–Kier alpha value is -1.65. The summed E-state index contributed by atoms with van der Waals surface area (Å²) in [4.78, 5) is 10.9. The molecule has 1 saturated heterocycles. The van der Waals surface area contributed by atoms with Crippen LogP contribution in [0.1, 0.15) is 5.56 Å². The molecule has 0 aromatic heterocycles. The van der Waals surface area contributed by atoms with Crippen LogP contribution >= 0.6 is 0 Å². The molecule has 0 radical (unpaired) electrons. The Labute approximate surface area is 106 Å². The second-order valence-electron chi connectivity index (χ2n) is 4.02. The number of ether oxygens (including phenoxy) is 3. The maximum absolute atomic E-state index is 10.9. The molecule has 0 spiro atoms. The molecule has 4 heteroatoms. The SMILES string of the molecule is COC(=O)/C=C/[C@H]1O[C@H]1COCc1ccccc1. The van der Waals surface area contributed by atoms with Crippen LogP contribution in [0, 0.1) is 0 Å². The third-order valence-electron chi connectivity index (χ3n) is 2.64. The standard InChI is InChI=1S/C14H16O4/c1-16-14(15)8-7-12-13(18-12)10-17-9-11-5-3-2-4-6-11/h2-8,12-13H,9-10H2,1H3/b8-7+/t12-,13+/m1/s1. The molecule has 96 valence electrons. The fraction of sp³-hybridized carbons (Fsp3) is 0.357. The average Bonchev–Trinajstić information content (AvgIpc) is 3.16. The van der Waals surface area contributed by atoms with Crippen molar-refractivity contribution in [2.24, 2.45) is 0 Å². The molecule has 1 fully saturated rings. The fourth-order valence-corrected chi connectivity index (χ4v) is 1.57. The normalized spacial score (nSPS) is 22.1. The average molecular weight is 248 g/mol. The third kappa shape index (κ3) is 3.98. The van der Waals surface area contributed by atoms with Gasteiger partial charge in [-0.3, -0.25) is 0 Å². The van der Waals surface area contributed by atoms with Crippen LogP contribution in [0.4, 0.5) is 0 Å². The summed E-state index contributed by atoms with van der Waals surface area (Å²) in [6.07, 6.45) is 3.10. The summed E-state index contributed by atoms with van der Waals surface area (Å²) < 4.78 is 15.4. The first-order valence-electron chi connectivity index (χ1n) is 5.83. The van der Waals surface area contributed by atoms with E-state index in [1.807, 2.05) is 30.3 Å². The maximum atomic E-state index is 10.9. The number of hydrogen-bond acceptors (Lipinski definition) is 4. The molecule has 1 heterocycles. The van der Waals surface area contributed by atoms with Crippen LogP contribution in [0.2, 0.25) is 0 Å². The largest absolute Gasteiger partial charge is 0.466 e. The van der Waals surface area contributed by atoms with E-state index in [0.717, 1.165) is 5.56 Å². The molecular formula is C14H16O4. The van der Waals surface area contributed by atoms with E-state index in [1.54, 1.807) is 6.08 Å². The number of carbonyl (C=O) groups is 1. The number of methoxy groups -OCH3 is 1. The Balaban J connectivity index is 1.62. The van der Waals surface area contributed by atoms with Gasteiger partial charge < -0.3 is 14.2 Å². The molecule has 0 N–H and O–H groups in total. The molecule has 1 aromatic rings. The fourth-order valence-electron chi connectivity index (χ4n) is 1.57. The quantitative estimate of drug-likeness (QED) is 0.437. The van der Waals surface area contributed by atoms with Crippen LogP contribution in [0.5, 0.6) is 0 Å². The lowest BCUT2D eigenvalue weighted by atomic mass is 10.2. The number of carbonyl (C=O) groups excluding carboxylic acids is 1. The van der Waals surface area contributed by atoms with Gasteiger partial charge in [-0.2, -0.15) is 0 Å². The lowest BCUT2D eigenvalue weighted by Crippen LogP contribution is -2.04. The molecule has 1 aliphatic heterocycles. The van der Waals surface area contributed by atoms with Crippen LogP contribution in [0.3, 0.4) is 0 Å². The molecule has 4 nitrogen and oxygen atoms in total. The first kappa shape index (κ1) is 12.8. The van der Waals surface area contributed by atoms with Crippen molar-refractivity contribution in [3.8, 4) is 0 Å². The monoisotopic (exact) mass is 248 g/mol. The van der Waals surface area contributed by atoms with Crippen molar-refractivity contribution in [1.82, 2.24) is 0 Å². The predicted octanol–water partition coefficient (Wildman–Crippen LogP) is 1.70. The van der Waals surface area contributed by atoms with Gasteiger partial charge in [0.25, 0.3) is 0 Å². The Kier molecular flexibility index (Phi) is 4.50. The molecule has 2 atom stereocenters. The van der Waals surface area contributed by atoms with E-state index in [1.165, 1.54) is 13.2 Å². The topological polar surface area (TPSA) is 48.1 Å². The lowest BCUT2D eigenvalue weighted by Gasteiger charge is -2.01. The van der Waals surface area contributed by atoms with Crippen molar-refractivity contribution >= 4 is 5.97 Å². The van der Waals surface area contributed by atoms with Crippen molar-refractivity contribution in [3.05, 3.63) is 48.0 Å². The van der Waals surface area contributed by atoms with Crippen molar-refractivity contribution in [3.63, 3.8) is 0 Å². The van der Waals surface area contributed by atoms with E-state index in [0.29, 0.717) is 13.2 Å². The van der Waals surface area contributed by atoms with E-state index in [9.17, 15) is 4.79 Å². The highest BCUT2D eigenvalue weighted by Gasteiger charge is 2.36. The number of hydrogen-bond donors (Lipinski definition) is 0. The molecule has 0 unspecified atom stereocenters. The van der Waals surface area contributed by atoms with Gasteiger partial charge in [-0.05, 0) is 11.6 Å². The highest BCUT2D eigenvalue weighted by molar-refractivity contribution is 5.81. The third-order valence-corrected chi connectivity index (χ3v) is 2.64. The minimum atomic E-state index is -0.366. The molecule has 0 amide bonds. The number of benzene rings is 1. The molecule has 0 saturated carbocycles. The zero-order valence-electron chi connectivity index (χ0n) is 10.2. The van der Waals surface area contributed by atoms with E-state index < -0.39 is 0 Å². The summed E-state index contributed by atoms with van der Waals surface area (Å²) in [5.41, 5.74) is 1.14.